The first-order chi connectivity index (χ1) is 11.8. The van der Waals surface area contributed by atoms with E-state index in [2.05, 4.69) is 20.1 Å². The van der Waals surface area contributed by atoms with Crippen LogP contribution < -0.4 is 10.3 Å². The van der Waals surface area contributed by atoms with Crippen molar-refractivity contribution in [3.63, 3.8) is 0 Å². The van der Waals surface area contributed by atoms with E-state index in [9.17, 15) is 4.79 Å². The van der Waals surface area contributed by atoms with Crippen LogP contribution in [-0.2, 0) is 0 Å². The number of ether oxygens (including phenoxy) is 1. The third-order valence-corrected chi connectivity index (χ3v) is 3.71. The summed E-state index contributed by atoms with van der Waals surface area (Å²) in [4.78, 5) is 24.1. The summed E-state index contributed by atoms with van der Waals surface area (Å²) in [5.74, 6) is 0.712. The predicted molar refractivity (Wildman–Crippen MR) is 91.6 cm³/mol. The summed E-state index contributed by atoms with van der Waals surface area (Å²) >= 11 is 0. The fraction of sp³-hybridized carbons (Fsp3) is 0.0588. The summed E-state index contributed by atoms with van der Waals surface area (Å²) in [6, 6.07) is 9.19. The van der Waals surface area contributed by atoms with E-state index in [0.29, 0.717) is 16.8 Å². The number of hydrogen-bond donors (Lipinski definition) is 1. The lowest BCUT2D eigenvalue weighted by atomic mass is 10.2. The van der Waals surface area contributed by atoms with E-state index in [0.717, 1.165) is 16.5 Å². The zero-order valence-corrected chi connectivity index (χ0v) is 12.8. The number of hydrogen-bond acceptors (Lipinski definition) is 5. The van der Waals surface area contributed by atoms with E-state index in [-0.39, 0.29) is 5.56 Å². The highest BCUT2D eigenvalue weighted by atomic mass is 16.5. The van der Waals surface area contributed by atoms with E-state index in [1.165, 1.54) is 11.0 Å². The Morgan fingerprint density at radius 2 is 2.25 bits per heavy atom. The summed E-state index contributed by atoms with van der Waals surface area (Å²) in [6.45, 7) is 0. The molecule has 0 saturated carbocycles. The molecular formula is C17H13N5O2. The molecule has 0 unspecified atom stereocenters. The van der Waals surface area contributed by atoms with Crippen LogP contribution in [0.2, 0.25) is 0 Å². The van der Waals surface area contributed by atoms with Crippen molar-refractivity contribution in [2.75, 3.05) is 7.11 Å². The second kappa shape index (κ2) is 5.62. The number of H-pyrrole nitrogens is 1. The molecule has 3 heterocycles. The van der Waals surface area contributed by atoms with Crippen LogP contribution in [0.25, 0.3) is 21.9 Å². The van der Waals surface area contributed by atoms with Crippen LogP contribution in [-0.4, -0.2) is 33.0 Å². The van der Waals surface area contributed by atoms with Gasteiger partial charge in [-0.05, 0) is 24.3 Å². The van der Waals surface area contributed by atoms with E-state index in [4.69, 9.17) is 4.74 Å². The first-order valence-corrected chi connectivity index (χ1v) is 7.28. The van der Waals surface area contributed by atoms with Crippen molar-refractivity contribution in [2.24, 2.45) is 5.10 Å². The average molecular weight is 319 g/mol. The Bertz CT molecular complexity index is 1110. The van der Waals surface area contributed by atoms with Crippen molar-refractivity contribution in [3.05, 3.63) is 65.0 Å². The van der Waals surface area contributed by atoms with Crippen LogP contribution in [0.15, 0.2) is 58.9 Å². The molecule has 4 aromatic rings. The minimum Gasteiger partial charge on any atom is -0.497 e. The monoisotopic (exact) mass is 319 g/mol. The number of aromatic nitrogens is 4. The fourth-order valence-corrected chi connectivity index (χ4v) is 2.52. The summed E-state index contributed by atoms with van der Waals surface area (Å²) in [7, 11) is 1.60. The molecule has 0 atom stereocenters. The van der Waals surface area contributed by atoms with Gasteiger partial charge in [0.1, 0.15) is 23.1 Å². The molecule has 7 nitrogen and oxygen atoms in total. The second-order valence-corrected chi connectivity index (χ2v) is 5.19. The molecule has 0 aliphatic rings. The molecule has 0 saturated heterocycles. The standard InChI is InChI=1S/C17H13N5O2/c1-24-12-4-5-14-13(7-12)15-16(21-14)17(23)22(10-19-15)20-9-11-3-2-6-18-8-11/h2-10,21H,1H3/b20-9-. The SMILES string of the molecule is COc1ccc2[nH]c3c(=O)n(/N=C\c4cccnc4)cnc3c2c1. The lowest BCUT2D eigenvalue weighted by Crippen LogP contribution is -2.17. The molecule has 0 aliphatic heterocycles. The lowest BCUT2D eigenvalue weighted by Gasteiger charge is -1.99. The number of nitrogens with zero attached hydrogens (tertiary/aromatic N) is 4. The quantitative estimate of drug-likeness (QED) is 0.586. The van der Waals surface area contributed by atoms with Crippen LogP contribution >= 0.6 is 0 Å². The van der Waals surface area contributed by atoms with Crippen molar-refractivity contribution in [3.8, 4) is 5.75 Å². The van der Waals surface area contributed by atoms with Gasteiger partial charge in [-0.15, -0.1) is 0 Å². The Morgan fingerprint density at radius 1 is 1.33 bits per heavy atom. The minimum atomic E-state index is -0.268. The molecule has 1 N–H and O–H groups in total. The third-order valence-electron chi connectivity index (χ3n) is 3.71. The molecule has 0 spiro atoms. The number of aromatic amines is 1. The number of fused-ring (bicyclic) bond motifs is 3. The van der Waals surface area contributed by atoms with E-state index in [1.807, 2.05) is 24.3 Å². The zero-order valence-electron chi connectivity index (χ0n) is 12.8. The predicted octanol–water partition coefficient (Wildman–Crippen LogP) is 2.16. The van der Waals surface area contributed by atoms with Gasteiger partial charge in [-0.1, -0.05) is 6.07 Å². The molecule has 0 bridgehead atoms. The first kappa shape index (κ1) is 14.1. The van der Waals surface area contributed by atoms with Gasteiger partial charge in [0.15, 0.2) is 0 Å². The first-order valence-electron chi connectivity index (χ1n) is 7.28. The Balaban J connectivity index is 1.85. The van der Waals surface area contributed by atoms with Crippen LogP contribution in [0.1, 0.15) is 5.56 Å². The van der Waals surface area contributed by atoms with Crippen molar-refractivity contribution in [2.45, 2.75) is 0 Å². The Kier molecular flexibility index (Phi) is 3.31. The molecule has 0 fully saturated rings. The van der Waals surface area contributed by atoms with Gasteiger partial charge in [-0.3, -0.25) is 9.78 Å². The van der Waals surface area contributed by atoms with Crippen LogP contribution in [0.5, 0.6) is 5.75 Å². The van der Waals surface area contributed by atoms with Crippen molar-refractivity contribution in [1.29, 1.82) is 0 Å². The van der Waals surface area contributed by atoms with Gasteiger partial charge in [-0.2, -0.15) is 9.78 Å². The maximum Gasteiger partial charge on any atom is 0.298 e. The maximum absolute atomic E-state index is 12.6. The van der Waals surface area contributed by atoms with Gasteiger partial charge in [0.25, 0.3) is 5.56 Å². The molecule has 118 valence electrons. The second-order valence-electron chi connectivity index (χ2n) is 5.19. The molecule has 7 heteroatoms. The Labute approximate surface area is 136 Å². The number of pyridine rings is 1. The highest BCUT2D eigenvalue weighted by Crippen LogP contribution is 2.25. The molecule has 4 rings (SSSR count). The molecule has 3 aromatic heterocycles. The largest absolute Gasteiger partial charge is 0.497 e. The van der Waals surface area contributed by atoms with Crippen LogP contribution in [0, 0.1) is 0 Å². The van der Waals surface area contributed by atoms with Gasteiger partial charge >= 0.3 is 0 Å². The van der Waals surface area contributed by atoms with E-state index < -0.39 is 0 Å². The minimum absolute atomic E-state index is 0.268. The average Bonchev–Trinajstić information content (AvgIpc) is 3.00. The smallest absolute Gasteiger partial charge is 0.298 e. The van der Waals surface area contributed by atoms with Crippen LogP contribution in [0.3, 0.4) is 0 Å². The number of benzene rings is 1. The summed E-state index contributed by atoms with van der Waals surface area (Å²) in [6.07, 6.45) is 6.31. The third kappa shape index (κ3) is 2.32. The van der Waals surface area contributed by atoms with Crippen molar-refractivity contribution < 1.29 is 4.74 Å². The fourth-order valence-electron chi connectivity index (χ4n) is 2.52. The highest BCUT2D eigenvalue weighted by molar-refractivity contribution is 6.04. The van der Waals surface area contributed by atoms with E-state index >= 15 is 0 Å². The molecule has 0 aliphatic carbocycles. The van der Waals surface area contributed by atoms with Gasteiger partial charge in [-0.25, -0.2) is 4.98 Å². The van der Waals surface area contributed by atoms with Gasteiger partial charge in [0, 0.05) is 28.9 Å². The number of rotatable bonds is 3. The normalized spacial score (nSPS) is 11.5. The summed E-state index contributed by atoms with van der Waals surface area (Å²) in [5, 5.41) is 5.00. The van der Waals surface area contributed by atoms with Crippen molar-refractivity contribution >= 4 is 28.2 Å². The Morgan fingerprint density at radius 3 is 3.04 bits per heavy atom. The van der Waals surface area contributed by atoms with Gasteiger partial charge in [0.2, 0.25) is 0 Å². The molecule has 0 amide bonds. The zero-order chi connectivity index (χ0) is 16.5. The van der Waals surface area contributed by atoms with Gasteiger partial charge in [0.05, 0.1) is 13.3 Å². The summed E-state index contributed by atoms with van der Waals surface area (Å²) < 4.78 is 6.42. The Hall–Kier alpha value is -3.48. The lowest BCUT2D eigenvalue weighted by molar-refractivity contribution is 0.415. The van der Waals surface area contributed by atoms with Crippen LogP contribution in [0.4, 0.5) is 0 Å². The topological polar surface area (TPSA) is 85.2 Å². The number of methoxy groups -OCH3 is 1. The van der Waals surface area contributed by atoms with Gasteiger partial charge < -0.3 is 9.72 Å². The number of nitrogens with one attached hydrogen (secondary N) is 1. The highest BCUT2D eigenvalue weighted by Gasteiger charge is 2.11. The van der Waals surface area contributed by atoms with Crippen molar-refractivity contribution in [1.82, 2.24) is 19.6 Å². The maximum atomic E-state index is 12.6. The molecular weight excluding hydrogens is 306 g/mol. The molecule has 0 radical (unpaired) electrons. The van der Waals surface area contributed by atoms with E-state index in [1.54, 1.807) is 31.8 Å². The molecule has 1 aromatic carbocycles. The summed E-state index contributed by atoms with van der Waals surface area (Å²) in [5.41, 5.74) is 2.36. The molecule has 24 heavy (non-hydrogen) atoms.